The summed E-state index contributed by atoms with van der Waals surface area (Å²) in [7, 11) is -3.87. The van der Waals surface area contributed by atoms with E-state index in [0.717, 1.165) is 106 Å². The van der Waals surface area contributed by atoms with E-state index < -0.39 is 9.84 Å². The number of likely N-dealkylation sites (tertiary alicyclic amines) is 2. The Morgan fingerprint density at radius 1 is 0.878 bits per heavy atom. The Labute approximate surface area is 298 Å². The normalized spacial score (nSPS) is 21.4. The number of nitrogens with zero attached hydrogens (tertiary/aromatic N) is 4. The number of aliphatic hydroxyl groups is 1. The number of hydrogen-bond donors (Lipinski definition) is 1. The van der Waals surface area contributed by atoms with Crippen LogP contribution in [0.4, 0.5) is 5.69 Å². The van der Waals surface area contributed by atoms with Crippen molar-refractivity contribution in [2.45, 2.75) is 118 Å². The van der Waals surface area contributed by atoms with Gasteiger partial charge in [-0.2, -0.15) is 0 Å². The number of ether oxygens (including phenoxy) is 1. The molecule has 8 nitrogen and oxygen atoms in total. The van der Waals surface area contributed by atoms with Gasteiger partial charge in [-0.25, -0.2) is 8.42 Å². The quantitative estimate of drug-likeness (QED) is 0.231. The predicted molar refractivity (Wildman–Crippen MR) is 201 cm³/mol. The predicted octanol–water partition coefficient (Wildman–Crippen LogP) is 7.27. The Morgan fingerprint density at radius 2 is 1.53 bits per heavy atom. The molecular weight excluding hydrogens is 653 g/mol. The lowest BCUT2D eigenvalue weighted by atomic mass is 9.83. The number of anilines is 1. The number of β-amino-alcohol motifs (C(OH)–C–C–N with tert-alkyl or cyclic N) is 1. The minimum atomic E-state index is -3.87. The van der Waals surface area contributed by atoms with Crippen molar-refractivity contribution in [2.24, 2.45) is 5.41 Å². The summed E-state index contributed by atoms with van der Waals surface area (Å²) in [6, 6.07) is 14.1. The van der Waals surface area contributed by atoms with Gasteiger partial charge < -0.3 is 19.6 Å². The van der Waals surface area contributed by atoms with Crippen LogP contribution in [0.15, 0.2) is 63.3 Å². The second-order valence-electron chi connectivity index (χ2n) is 16.2. The molecule has 1 aromatic heterocycles. The first-order chi connectivity index (χ1) is 23.2. The maximum Gasteiger partial charge on any atom is 0.210 e. The molecule has 0 amide bonds. The minimum Gasteiger partial charge on any atom is -0.488 e. The van der Waals surface area contributed by atoms with E-state index in [1.807, 2.05) is 12.3 Å². The smallest absolute Gasteiger partial charge is 0.210 e. The van der Waals surface area contributed by atoms with E-state index in [1.54, 1.807) is 42.2 Å². The Morgan fingerprint density at radius 3 is 2.16 bits per heavy atom. The van der Waals surface area contributed by atoms with E-state index in [-0.39, 0.29) is 26.9 Å². The van der Waals surface area contributed by atoms with Crippen LogP contribution in [0.1, 0.15) is 79.6 Å². The van der Waals surface area contributed by atoms with Crippen LogP contribution in [0.3, 0.4) is 0 Å². The van der Waals surface area contributed by atoms with Gasteiger partial charge in [0.15, 0.2) is 0 Å². The molecule has 0 unspecified atom stereocenters. The van der Waals surface area contributed by atoms with Crippen molar-refractivity contribution in [3.63, 3.8) is 0 Å². The first kappa shape index (κ1) is 36.4. The number of aromatic nitrogens is 1. The molecule has 3 aliphatic rings. The summed E-state index contributed by atoms with van der Waals surface area (Å²) in [6.45, 7) is 16.4. The number of rotatable bonds is 9. The monoisotopic (exact) mass is 708 g/mol. The number of sulfone groups is 1. The Kier molecular flexibility index (Phi) is 10.9. The van der Waals surface area contributed by atoms with Crippen molar-refractivity contribution in [3.05, 3.63) is 48.7 Å². The summed E-state index contributed by atoms with van der Waals surface area (Å²) in [5.41, 5.74) is 1.30. The van der Waals surface area contributed by atoms with Gasteiger partial charge in [0.1, 0.15) is 16.2 Å². The number of hydrogen-bond acceptors (Lipinski definition) is 9. The largest absolute Gasteiger partial charge is 0.488 e. The fourth-order valence-corrected chi connectivity index (χ4v) is 10.5. The van der Waals surface area contributed by atoms with Crippen molar-refractivity contribution in [3.8, 4) is 5.75 Å². The number of thioether (sulfide) groups is 1. The molecular formula is C39H56N4O4S2. The van der Waals surface area contributed by atoms with Crippen LogP contribution in [-0.2, 0) is 9.84 Å². The molecule has 268 valence electrons. The second-order valence-corrected chi connectivity index (χ2v) is 19.0. The lowest BCUT2D eigenvalue weighted by Gasteiger charge is -2.45. The molecule has 4 heterocycles. The molecule has 0 saturated carbocycles. The average molecular weight is 709 g/mol. The van der Waals surface area contributed by atoms with Gasteiger partial charge >= 0.3 is 0 Å². The highest BCUT2D eigenvalue weighted by Crippen LogP contribution is 2.40. The molecule has 2 aromatic carbocycles. The van der Waals surface area contributed by atoms with Gasteiger partial charge in [0.2, 0.25) is 9.84 Å². The van der Waals surface area contributed by atoms with Crippen LogP contribution in [0.25, 0.3) is 10.9 Å². The van der Waals surface area contributed by atoms with Gasteiger partial charge in [0.05, 0.1) is 22.2 Å². The third-order valence-electron chi connectivity index (χ3n) is 10.5. The zero-order valence-corrected chi connectivity index (χ0v) is 32.0. The summed E-state index contributed by atoms with van der Waals surface area (Å²) < 4.78 is 35.2. The summed E-state index contributed by atoms with van der Waals surface area (Å²) >= 11 is 1.65. The maximum absolute atomic E-state index is 14.4. The molecule has 3 aromatic rings. The lowest BCUT2D eigenvalue weighted by Crippen LogP contribution is -2.53. The van der Waals surface area contributed by atoms with Gasteiger partial charge in [0, 0.05) is 48.2 Å². The molecule has 0 spiro atoms. The first-order valence-electron chi connectivity index (χ1n) is 18.1. The Bertz CT molecular complexity index is 1690. The molecule has 1 N–H and O–H groups in total. The van der Waals surface area contributed by atoms with Gasteiger partial charge in [-0.3, -0.25) is 9.88 Å². The highest BCUT2D eigenvalue weighted by atomic mass is 32.2. The third-order valence-corrected chi connectivity index (χ3v) is 13.0. The van der Waals surface area contributed by atoms with Crippen molar-refractivity contribution in [1.29, 1.82) is 0 Å². The van der Waals surface area contributed by atoms with Crippen molar-refractivity contribution in [2.75, 3.05) is 50.4 Å². The summed E-state index contributed by atoms with van der Waals surface area (Å²) in [4.78, 5) is 13.7. The zero-order chi connectivity index (χ0) is 35.0. The number of piperidine rings is 3. The van der Waals surface area contributed by atoms with E-state index in [4.69, 9.17) is 4.74 Å². The van der Waals surface area contributed by atoms with Gasteiger partial charge in [-0.15, -0.1) is 11.8 Å². The molecule has 0 aliphatic carbocycles. The molecule has 6 rings (SSSR count). The Balaban J connectivity index is 1.21. The molecule has 0 bridgehead atoms. The molecule has 1 atom stereocenters. The molecule has 0 radical (unpaired) electrons. The number of fused-ring (bicyclic) bond motifs is 1. The van der Waals surface area contributed by atoms with Crippen LogP contribution in [0, 0.1) is 5.41 Å². The average Bonchev–Trinajstić information content (AvgIpc) is 3.06. The zero-order valence-electron chi connectivity index (χ0n) is 30.3. The molecule has 3 saturated heterocycles. The van der Waals surface area contributed by atoms with Gasteiger partial charge in [0.25, 0.3) is 0 Å². The second kappa shape index (κ2) is 14.7. The number of benzene rings is 2. The fourth-order valence-electron chi connectivity index (χ4n) is 8.62. The SMILES string of the molecule is CSc1ccc2ncc(S(=O)(=O)c3ccc(OC(C)(C)CC(C)(C)C)cc3)c(N3CCC(N4CCC(N5CCC[C@@H](O)C5)CC4)CC3)c2c1. The third kappa shape index (κ3) is 8.58. The van der Waals surface area contributed by atoms with E-state index in [9.17, 15) is 13.5 Å². The standard InChI is InChI=1S/C39H56N4O4S2/c1-38(2,3)27-39(4,5)47-31-9-12-33(13-10-31)49(45,46)36-25-40-35-14-11-32(48-6)24-34(35)37(36)42-22-17-28(18-23-42)41-20-15-29(16-21-41)43-19-7-8-30(44)26-43/h9-14,24-25,28-30,44H,7-8,15-23,26-27H2,1-6H3/t30-/m1/s1. The van der Waals surface area contributed by atoms with Crippen LogP contribution in [0.5, 0.6) is 5.75 Å². The van der Waals surface area contributed by atoms with E-state index >= 15 is 0 Å². The van der Waals surface area contributed by atoms with Crippen molar-refractivity contribution in [1.82, 2.24) is 14.8 Å². The van der Waals surface area contributed by atoms with E-state index in [0.29, 0.717) is 17.8 Å². The van der Waals surface area contributed by atoms with Gasteiger partial charge in [-0.1, -0.05) is 20.8 Å². The molecule has 10 heteroatoms. The van der Waals surface area contributed by atoms with E-state index in [1.165, 1.54) is 0 Å². The number of pyridine rings is 1. The highest BCUT2D eigenvalue weighted by Gasteiger charge is 2.34. The minimum absolute atomic E-state index is 0.103. The number of aliphatic hydroxyl groups excluding tert-OH is 1. The lowest BCUT2D eigenvalue weighted by molar-refractivity contribution is 0.0170. The van der Waals surface area contributed by atoms with Gasteiger partial charge in [-0.05, 0) is 133 Å². The highest BCUT2D eigenvalue weighted by molar-refractivity contribution is 7.98. The van der Waals surface area contributed by atoms with Crippen molar-refractivity contribution >= 4 is 38.2 Å². The summed E-state index contributed by atoms with van der Waals surface area (Å²) in [5.74, 6) is 0.661. The summed E-state index contributed by atoms with van der Waals surface area (Å²) in [6.07, 6.45) is 10.6. The topological polar surface area (TPSA) is 86.2 Å². The fraction of sp³-hybridized carbons (Fsp3) is 0.615. The molecule has 3 fully saturated rings. The Hall–Kier alpha value is -2.37. The maximum atomic E-state index is 14.4. The molecule has 49 heavy (non-hydrogen) atoms. The summed E-state index contributed by atoms with van der Waals surface area (Å²) in [5, 5.41) is 11.1. The van der Waals surface area contributed by atoms with Crippen LogP contribution >= 0.6 is 11.8 Å². The van der Waals surface area contributed by atoms with Crippen LogP contribution in [-0.4, -0.2) is 97.6 Å². The van der Waals surface area contributed by atoms with Crippen LogP contribution in [0.2, 0.25) is 0 Å². The molecule has 3 aliphatic heterocycles. The first-order valence-corrected chi connectivity index (χ1v) is 20.9. The van der Waals surface area contributed by atoms with Crippen molar-refractivity contribution < 1.29 is 18.3 Å². The van der Waals surface area contributed by atoms with E-state index in [2.05, 4.69) is 66.4 Å². The van der Waals surface area contributed by atoms with Crippen LogP contribution < -0.4 is 9.64 Å².